The third-order valence-electron chi connectivity index (χ3n) is 4.15. The van der Waals surface area contributed by atoms with Gasteiger partial charge in [-0.1, -0.05) is 12.8 Å². The smallest absolute Gasteiger partial charge is 0.277 e. The number of hydrogen-bond donors (Lipinski definition) is 1. The third kappa shape index (κ3) is 2.94. The quantitative estimate of drug-likeness (QED) is 0.786. The Hall–Kier alpha value is -2.55. The summed E-state index contributed by atoms with van der Waals surface area (Å²) in [5.74, 6) is 0.292. The van der Waals surface area contributed by atoms with Gasteiger partial charge in [0.15, 0.2) is 11.5 Å². The molecule has 0 unspecified atom stereocenters. The minimum Gasteiger partial charge on any atom is -0.295 e. The number of nitrogens with zero attached hydrogens (tertiary/aromatic N) is 6. The van der Waals surface area contributed by atoms with Crippen LogP contribution in [0.5, 0.6) is 0 Å². The molecule has 1 aliphatic rings. The highest BCUT2D eigenvalue weighted by Gasteiger charge is 2.20. The third-order valence-corrected chi connectivity index (χ3v) is 4.78. The first-order chi connectivity index (χ1) is 11.7. The molecule has 0 bridgehead atoms. The van der Waals surface area contributed by atoms with Gasteiger partial charge >= 0.3 is 0 Å². The summed E-state index contributed by atoms with van der Waals surface area (Å²) in [6, 6.07) is 2.17. The molecule has 1 N–H and O–H groups in total. The van der Waals surface area contributed by atoms with E-state index in [-0.39, 0.29) is 5.91 Å². The van der Waals surface area contributed by atoms with E-state index in [1.807, 2.05) is 24.1 Å². The van der Waals surface area contributed by atoms with Crippen molar-refractivity contribution in [3.8, 4) is 11.4 Å². The molecular formula is C15H17N7OS. The Morgan fingerprint density at radius 2 is 2.21 bits per heavy atom. The van der Waals surface area contributed by atoms with Crippen molar-refractivity contribution in [3.63, 3.8) is 0 Å². The summed E-state index contributed by atoms with van der Waals surface area (Å²) in [7, 11) is 1.83. The van der Waals surface area contributed by atoms with Gasteiger partial charge in [-0.05, 0) is 18.9 Å². The van der Waals surface area contributed by atoms with Crippen molar-refractivity contribution < 1.29 is 4.79 Å². The van der Waals surface area contributed by atoms with Crippen LogP contribution in [0.3, 0.4) is 0 Å². The van der Waals surface area contributed by atoms with Gasteiger partial charge in [0.1, 0.15) is 0 Å². The Morgan fingerprint density at radius 3 is 2.96 bits per heavy atom. The SMILES string of the molecule is Cn1cc(-c2nsc(NC(=O)c3ccn(C4CCCC4)n3)n2)cn1. The van der Waals surface area contributed by atoms with Crippen molar-refractivity contribution in [1.29, 1.82) is 0 Å². The Balaban J connectivity index is 1.45. The summed E-state index contributed by atoms with van der Waals surface area (Å²) in [5.41, 5.74) is 1.22. The topological polar surface area (TPSA) is 90.5 Å². The van der Waals surface area contributed by atoms with Crippen molar-refractivity contribution in [1.82, 2.24) is 28.9 Å². The summed E-state index contributed by atoms with van der Waals surface area (Å²) >= 11 is 1.14. The first-order valence-corrected chi connectivity index (χ1v) is 8.65. The molecule has 1 aliphatic carbocycles. The maximum absolute atomic E-state index is 12.3. The molecule has 3 heterocycles. The van der Waals surface area contributed by atoms with Crippen LogP contribution in [0.25, 0.3) is 11.4 Å². The van der Waals surface area contributed by atoms with Gasteiger partial charge in [0.25, 0.3) is 5.91 Å². The van der Waals surface area contributed by atoms with Crippen molar-refractivity contribution in [3.05, 3.63) is 30.4 Å². The van der Waals surface area contributed by atoms with E-state index in [9.17, 15) is 4.79 Å². The minimum atomic E-state index is -0.263. The average molecular weight is 343 g/mol. The predicted octanol–water partition coefficient (Wildman–Crippen LogP) is 2.50. The molecule has 1 amide bonds. The van der Waals surface area contributed by atoms with Gasteiger partial charge in [0.05, 0.1) is 17.8 Å². The summed E-state index contributed by atoms with van der Waals surface area (Å²) in [6.45, 7) is 0. The van der Waals surface area contributed by atoms with Crippen molar-refractivity contribution in [2.45, 2.75) is 31.7 Å². The second-order valence-corrected chi connectivity index (χ2v) is 6.65. The van der Waals surface area contributed by atoms with Gasteiger partial charge in [-0.2, -0.15) is 19.6 Å². The van der Waals surface area contributed by atoms with Crippen LogP contribution in [-0.2, 0) is 7.05 Å². The van der Waals surface area contributed by atoms with Gasteiger partial charge in [-0.15, -0.1) is 0 Å². The summed E-state index contributed by atoms with van der Waals surface area (Å²) in [6.07, 6.45) is 10.1. The van der Waals surface area contributed by atoms with Crippen LogP contribution < -0.4 is 5.32 Å². The molecular weight excluding hydrogens is 326 g/mol. The van der Waals surface area contributed by atoms with Gasteiger partial charge in [0, 0.05) is 31.0 Å². The highest BCUT2D eigenvalue weighted by Crippen LogP contribution is 2.28. The molecule has 8 nitrogen and oxygen atoms in total. The normalized spacial score (nSPS) is 15.0. The van der Waals surface area contributed by atoms with E-state index in [1.165, 1.54) is 12.8 Å². The number of amides is 1. The Bertz CT molecular complexity index is 859. The fourth-order valence-electron chi connectivity index (χ4n) is 2.92. The number of carbonyl (C=O) groups excluding carboxylic acids is 1. The van der Waals surface area contributed by atoms with Crippen LogP contribution in [-0.4, -0.2) is 34.8 Å². The predicted molar refractivity (Wildman–Crippen MR) is 89.8 cm³/mol. The van der Waals surface area contributed by atoms with Crippen molar-refractivity contribution in [2.24, 2.45) is 7.05 Å². The molecule has 24 heavy (non-hydrogen) atoms. The Labute approximate surface area is 142 Å². The molecule has 1 saturated carbocycles. The number of anilines is 1. The molecule has 0 saturated heterocycles. The summed E-state index contributed by atoms with van der Waals surface area (Å²) < 4.78 is 7.84. The molecule has 4 rings (SSSR count). The second-order valence-electron chi connectivity index (χ2n) is 5.90. The standard InChI is InChI=1S/C15H17N7OS/c1-21-9-10(8-16-21)13-17-15(24-20-13)18-14(23)12-6-7-22(19-12)11-4-2-3-5-11/h6-9,11H,2-5H2,1H3,(H,17,18,20,23). The minimum absolute atomic E-state index is 0.263. The van der Waals surface area contributed by atoms with E-state index in [0.717, 1.165) is 29.9 Å². The van der Waals surface area contributed by atoms with E-state index in [4.69, 9.17) is 0 Å². The van der Waals surface area contributed by atoms with Crippen molar-refractivity contribution in [2.75, 3.05) is 5.32 Å². The lowest BCUT2D eigenvalue weighted by atomic mass is 10.3. The fraction of sp³-hybridized carbons (Fsp3) is 0.400. The highest BCUT2D eigenvalue weighted by molar-refractivity contribution is 7.10. The lowest BCUT2D eigenvalue weighted by molar-refractivity contribution is 0.102. The molecule has 9 heteroatoms. The maximum Gasteiger partial charge on any atom is 0.277 e. The van der Waals surface area contributed by atoms with Crippen LogP contribution >= 0.6 is 11.5 Å². The van der Waals surface area contributed by atoms with Crippen LogP contribution in [0, 0.1) is 0 Å². The van der Waals surface area contributed by atoms with E-state index < -0.39 is 0 Å². The lowest BCUT2D eigenvalue weighted by Crippen LogP contribution is -2.14. The molecule has 0 atom stereocenters. The van der Waals surface area contributed by atoms with Crippen LogP contribution in [0.4, 0.5) is 5.13 Å². The Kier molecular flexibility index (Phi) is 3.85. The zero-order chi connectivity index (χ0) is 16.5. The van der Waals surface area contributed by atoms with Gasteiger partial charge < -0.3 is 0 Å². The summed E-state index contributed by atoms with van der Waals surface area (Å²) in [5, 5.41) is 11.7. The van der Waals surface area contributed by atoms with Crippen molar-refractivity contribution >= 4 is 22.6 Å². The lowest BCUT2D eigenvalue weighted by Gasteiger charge is -2.08. The molecule has 0 spiro atoms. The second kappa shape index (κ2) is 6.16. The number of carbonyl (C=O) groups is 1. The molecule has 0 aliphatic heterocycles. The van der Waals surface area contributed by atoms with E-state index in [1.54, 1.807) is 16.9 Å². The zero-order valence-corrected chi connectivity index (χ0v) is 14.0. The van der Waals surface area contributed by atoms with Gasteiger partial charge in [0.2, 0.25) is 5.13 Å². The van der Waals surface area contributed by atoms with Crippen LogP contribution in [0.15, 0.2) is 24.7 Å². The molecule has 0 aromatic carbocycles. The van der Waals surface area contributed by atoms with E-state index in [2.05, 4.69) is 24.9 Å². The number of aromatic nitrogens is 6. The molecule has 1 fully saturated rings. The molecule has 3 aromatic rings. The highest BCUT2D eigenvalue weighted by atomic mass is 32.1. The van der Waals surface area contributed by atoms with Crippen LogP contribution in [0.2, 0.25) is 0 Å². The molecule has 124 valence electrons. The summed E-state index contributed by atoms with van der Waals surface area (Å²) in [4.78, 5) is 16.7. The molecule has 3 aromatic heterocycles. The largest absolute Gasteiger partial charge is 0.295 e. The van der Waals surface area contributed by atoms with Gasteiger partial charge in [-0.3, -0.25) is 19.5 Å². The number of nitrogens with one attached hydrogen (secondary N) is 1. The number of aryl methyl sites for hydroxylation is 1. The number of rotatable bonds is 4. The number of hydrogen-bond acceptors (Lipinski definition) is 6. The average Bonchev–Trinajstić information content (AvgIpc) is 3.34. The molecule has 0 radical (unpaired) electrons. The first-order valence-electron chi connectivity index (χ1n) is 7.88. The monoisotopic (exact) mass is 343 g/mol. The van der Waals surface area contributed by atoms with E-state index >= 15 is 0 Å². The van der Waals surface area contributed by atoms with E-state index in [0.29, 0.717) is 22.7 Å². The van der Waals surface area contributed by atoms with Crippen LogP contribution in [0.1, 0.15) is 42.2 Å². The fourth-order valence-corrected chi connectivity index (χ4v) is 3.51. The van der Waals surface area contributed by atoms with Gasteiger partial charge in [-0.25, -0.2) is 0 Å². The maximum atomic E-state index is 12.3. The Morgan fingerprint density at radius 1 is 1.38 bits per heavy atom. The first kappa shape index (κ1) is 15.0. The zero-order valence-electron chi connectivity index (χ0n) is 13.2.